The van der Waals surface area contributed by atoms with Gasteiger partial charge in [0.1, 0.15) is 0 Å². The molecule has 2 aliphatic heterocycles. The molecule has 0 aliphatic carbocycles. The lowest BCUT2D eigenvalue weighted by Crippen LogP contribution is -2.21. The molecular weight excluding hydrogens is 278 g/mol. The fourth-order valence-corrected chi connectivity index (χ4v) is 5.34. The van der Waals surface area contributed by atoms with Gasteiger partial charge in [-0.3, -0.25) is 0 Å². The van der Waals surface area contributed by atoms with Gasteiger partial charge < -0.3 is 9.84 Å². The van der Waals surface area contributed by atoms with Crippen LogP contribution in [-0.4, -0.2) is 33.4 Å². The average Bonchev–Trinajstić information content (AvgIpc) is 2.75. The fraction of sp³-hybridized carbons (Fsp3) is 0.846. The second kappa shape index (κ2) is 6.50. The van der Waals surface area contributed by atoms with Crippen molar-refractivity contribution in [3.05, 3.63) is 11.7 Å². The van der Waals surface area contributed by atoms with E-state index in [1.54, 1.807) is 0 Å². The van der Waals surface area contributed by atoms with Crippen molar-refractivity contribution in [2.24, 2.45) is 0 Å². The molecular formula is C13H21N3OS2. The van der Waals surface area contributed by atoms with Gasteiger partial charge in [-0.2, -0.15) is 16.7 Å². The highest BCUT2D eigenvalue weighted by atomic mass is 32.2. The van der Waals surface area contributed by atoms with Gasteiger partial charge in [-0.1, -0.05) is 24.9 Å². The molecule has 2 saturated heterocycles. The summed E-state index contributed by atoms with van der Waals surface area (Å²) in [5.74, 6) is 4.11. The highest BCUT2D eigenvalue weighted by Gasteiger charge is 2.29. The molecule has 0 bridgehead atoms. The smallest absolute Gasteiger partial charge is 0.243 e. The van der Waals surface area contributed by atoms with Gasteiger partial charge in [0.15, 0.2) is 5.82 Å². The van der Waals surface area contributed by atoms with Crippen LogP contribution in [0.1, 0.15) is 55.6 Å². The summed E-state index contributed by atoms with van der Waals surface area (Å²) < 4.78 is 5.52. The number of nitrogens with one attached hydrogen (secondary N) is 1. The van der Waals surface area contributed by atoms with Gasteiger partial charge in [-0.15, -0.1) is 11.8 Å². The third-order valence-corrected chi connectivity index (χ3v) is 6.84. The standard InChI is InChI=1S/C13H21N3OS2/c1-9-11(19-8-7-18-9)12-15-13(17-16-12)10-5-3-2-4-6-14-10/h9-11,14H,2-8H2,1H3. The molecule has 3 unspecified atom stereocenters. The number of thioether (sulfide) groups is 2. The molecule has 106 valence electrons. The third kappa shape index (κ3) is 3.28. The molecule has 0 radical (unpaired) electrons. The summed E-state index contributed by atoms with van der Waals surface area (Å²) in [4.78, 5) is 4.68. The summed E-state index contributed by atoms with van der Waals surface area (Å²) >= 11 is 3.97. The molecule has 0 spiro atoms. The van der Waals surface area contributed by atoms with E-state index in [1.807, 2.05) is 23.5 Å². The minimum atomic E-state index is 0.264. The van der Waals surface area contributed by atoms with Gasteiger partial charge in [-0.05, 0) is 19.4 Å². The summed E-state index contributed by atoms with van der Waals surface area (Å²) in [5, 5.41) is 8.72. The molecule has 1 N–H and O–H groups in total. The van der Waals surface area contributed by atoms with Crippen LogP contribution >= 0.6 is 23.5 Å². The molecule has 0 saturated carbocycles. The van der Waals surface area contributed by atoms with Crippen LogP contribution in [0.4, 0.5) is 0 Å². The topological polar surface area (TPSA) is 51.0 Å². The highest BCUT2D eigenvalue weighted by Crippen LogP contribution is 2.41. The monoisotopic (exact) mass is 299 g/mol. The predicted octanol–water partition coefficient (Wildman–Crippen LogP) is 3.18. The van der Waals surface area contributed by atoms with Gasteiger partial charge in [0.25, 0.3) is 0 Å². The first-order chi connectivity index (χ1) is 9.34. The Balaban J connectivity index is 1.71. The largest absolute Gasteiger partial charge is 0.338 e. The van der Waals surface area contributed by atoms with Crippen LogP contribution in [0.3, 0.4) is 0 Å². The van der Waals surface area contributed by atoms with Crippen LogP contribution in [0.2, 0.25) is 0 Å². The van der Waals surface area contributed by atoms with E-state index in [4.69, 9.17) is 4.52 Å². The van der Waals surface area contributed by atoms with Crippen molar-refractivity contribution in [2.75, 3.05) is 18.1 Å². The Morgan fingerprint density at radius 3 is 3.00 bits per heavy atom. The molecule has 19 heavy (non-hydrogen) atoms. The lowest BCUT2D eigenvalue weighted by Gasteiger charge is -2.24. The number of rotatable bonds is 2. The normalized spacial score (nSPS) is 33.0. The first kappa shape index (κ1) is 13.8. The predicted molar refractivity (Wildman–Crippen MR) is 80.6 cm³/mol. The second-order valence-corrected chi connectivity index (χ2v) is 7.95. The van der Waals surface area contributed by atoms with Crippen LogP contribution < -0.4 is 5.32 Å². The van der Waals surface area contributed by atoms with E-state index >= 15 is 0 Å². The SMILES string of the molecule is CC1SCCSC1c1noc(C2CCCCCN2)n1. The summed E-state index contributed by atoms with van der Waals surface area (Å²) in [6.07, 6.45) is 4.92. The molecule has 3 atom stereocenters. The Hall–Kier alpha value is -0.200. The molecule has 3 rings (SSSR count). The maximum atomic E-state index is 5.52. The van der Waals surface area contributed by atoms with E-state index in [1.165, 1.54) is 30.8 Å². The molecule has 2 fully saturated rings. The maximum Gasteiger partial charge on any atom is 0.243 e. The van der Waals surface area contributed by atoms with Crippen LogP contribution in [-0.2, 0) is 0 Å². The van der Waals surface area contributed by atoms with Gasteiger partial charge in [0, 0.05) is 16.8 Å². The first-order valence-electron chi connectivity index (χ1n) is 7.14. The van der Waals surface area contributed by atoms with Crippen molar-refractivity contribution in [3.63, 3.8) is 0 Å². The summed E-state index contributed by atoms with van der Waals surface area (Å²) in [6.45, 7) is 3.33. The zero-order valence-corrected chi connectivity index (χ0v) is 12.9. The zero-order valence-electron chi connectivity index (χ0n) is 11.3. The van der Waals surface area contributed by atoms with Crippen molar-refractivity contribution < 1.29 is 4.52 Å². The van der Waals surface area contributed by atoms with Gasteiger partial charge in [0.05, 0.1) is 11.3 Å². The molecule has 3 heterocycles. The minimum absolute atomic E-state index is 0.264. The molecule has 1 aromatic heterocycles. The summed E-state index contributed by atoms with van der Waals surface area (Å²) in [7, 11) is 0. The second-order valence-electron chi connectivity index (χ2n) is 5.21. The highest BCUT2D eigenvalue weighted by molar-refractivity contribution is 8.06. The number of hydrogen-bond acceptors (Lipinski definition) is 6. The molecule has 1 aromatic rings. The summed E-state index contributed by atoms with van der Waals surface area (Å²) in [6, 6.07) is 0.264. The Bertz CT molecular complexity index is 404. The number of hydrogen-bond donors (Lipinski definition) is 1. The fourth-order valence-electron chi connectivity index (χ4n) is 2.66. The lowest BCUT2D eigenvalue weighted by molar-refractivity contribution is 0.324. The van der Waals surface area contributed by atoms with Crippen LogP contribution in [0.15, 0.2) is 4.52 Å². The molecule has 0 amide bonds. The van der Waals surface area contributed by atoms with E-state index in [-0.39, 0.29) is 6.04 Å². The van der Waals surface area contributed by atoms with Gasteiger partial charge >= 0.3 is 0 Å². The molecule has 0 aromatic carbocycles. The third-order valence-electron chi connectivity index (χ3n) is 3.76. The van der Waals surface area contributed by atoms with Crippen LogP contribution in [0.25, 0.3) is 0 Å². The van der Waals surface area contributed by atoms with Crippen LogP contribution in [0.5, 0.6) is 0 Å². The molecule has 2 aliphatic rings. The van der Waals surface area contributed by atoms with Gasteiger partial charge in [0.2, 0.25) is 5.89 Å². The summed E-state index contributed by atoms with van der Waals surface area (Å²) in [5.41, 5.74) is 0. The lowest BCUT2D eigenvalue weighted by atomic mass is 10.1. The molecule has 6 heteroatoms. The van der Waals surface area contributed by atoms with E-state index in [9.17, 15) is 0 Å². The molecule has 4 nitrogen and oxygen atoms in total. The minimum Gasteiger partial charge on any atom is -0.338 e. The van der Waals surface area contributed by atoms with E-state index in [0.717, 1.165) is 24.7 Å². The Kier molecular flexibility index (Phi) is 4.71. The maximum absolute atomic E-state index is 5.52. The van der Waals surface area contributed by atoms with E-state index < -0.39 is 0 Å². The Morgan fingerprint density at radius 1 is 1.21 bits per heavy atom. The van der Waals surface area contributed by atoms with Crippen molar-refractivity contribution in [1.82, 2.24) is 15.5 Å². The number of nitrogens with zero attached hydrogens (tertiary/aromatic N) is 2. The zero-order chi connectivity index (χ0) is 13.1. The van der Waals surface area contributed by atoms with E-state index in [0.29, 0.717) is 10.5 Å². The quantitative estimate of drug-likeness (QED) is 0.905. The van der Waals surface area contributed by atoms with Crippen molar-refractivity contribution >= 4 is 23.5 Å². The van der Waals surface area contributed by atoms with Crippen molar-refractivity contribution in [1.29, 1.82) is 0 Å². The van der Waals surface area contributed by atoms with Crippen LogP contribution in [0, 0.1) is 0 Å². The van der Waals surface area contributed by atoms with Gasteiger partial charge in [-0.25, -0.2) is 0 Å². The Labute approximate surface area is 122 Å². The first-order valence-corrected chi connectivity index (χ1v) is 9.24. The van der Waals surface area contributed by atoms with E-state index in [2.05, 4.69) is 22.4 Å². The number of aromatic nitrogens is 2. The van der Waals surface area contributed by atoms with Crippen molar-refractivity contribution in [2.45, 2.75) is 49.1 Å². The van der Waals surface area contributed by atoms with Crippen molar-refractivity contribution in [3.8, 4) is 0 Å². The average molecular weight is 299 g/mol. The Morgan fingerprint density at radius 2 is 2.11 bits per heavy atom.